The van der Waals surface area contributed by atoms with Crippen LogP contribution in [0.1, 0.15) is 5.56 Å². The van der Waals surface area contributed by atoms with Crippen LogP contribution in [0.15, 0.2) is 58.2 Å². The number of imidazole rings is 1. The van der Waals surface area contributed by atoms with Crippen LogP contribution >= 0.6 is 27.7 Å². The zero-order valence-electron chi connectivity index (χ0n) is 11.7. The lowest BCUT2D eigenvalue weighted by atomic mass is 10.2. The highest BCUT2D eigenvalue weighted by Gasteiger charge is 2.18. The van der Waals surface area contributed by atoms with Crippen molar-refractivity contribution in [2.45, 2.75) is 10.9 Å². The fraction of sp³-hybridized carbons (Fsp3) is 0.133. The Morgan fingerprint density at radius 2 is 1.95 bits per heavy atom. The van der Waals surface area contributed by atoms with Gasteiger partial charge in [0.25, 0.3) is 0 Å². The molecule has 0 saturated carbocycles. The van der Waals surface area contributed by atoms with Gasteiger partial charge < -0.3 is 0 Å². The van der Waals surface area contributed by atoms with Gasteiger partial charge in [0.15, 0.2) is 5.16 Å². The van der Waals surface area contributed by atoms with Crippen molar-refractivity contribution in [3.8, 4) is 0 Å². The summed E-state index contributed by atoms with van der Waals surface area (Å²) in [5.41, 5.74) is 2.40. The Bertz CT molecular complexity index is 936. The van der Waals surface area contributed by atoms with Gasteiger partial charge in [-0.15, -0.1) is 0 Å². The van der Waals surface area contributed by atoms with Gasteiger partial charge >= 0.3 is 0 Å². The van der Waals surface area contributed by atoms with E-state index in [1.165, 1.54) is 22.0 Å². The zero-order valence-corrected chi connectivity index (χ0v) is 15.0. The lowest BCUT2D eigenvalue weighted by Crippen LogP contribution is -2.11. The van der Waals surface area contributed by atoms with E-state index < -0.39 is 10.0 Å². The van der Waals surface area contributed by atoms with Gasteiger partial charge in [-0.3, -0.25) is 0 Å². The number of nitrogens with zero attached hydrogens (tertiary/aromatic N) is 2. The van der Waals surface area contributed by atoms with Crippen molar-refractivity contribution in [1.29, 1.82) is 0 Å². The van der Waals surface area contributed by atoms with Gasteiger partial charge in [0, 0.05) is 10.2 Å². The molecule has 3 rings (SSSR count). The molecule has 0 radical (unpaired) electrons. The molecule has 7 heteroatoms. The smallest absolute Gasteiger partial charge is 0.222 e. The number of benzene rings is 2. The van der Waals surface area contributed by atoms with E-state index in [1.807, 2.05) is 42.5 Å². The first-order chi connectivity index (χ1) is 10.4. The molecule has 0 saturated heterocycles. The minimum atomic E-state index is -3.41. The summed E-state index contributed by atoms with van der Waals surface area (Å²) >= 11 is 4.85. The molecule has 4 nitrogen and oxygen atoms in total. The van der Waals surface area contributed by atoms with Crippen molar-refractivity contribution in [2.24, 2.45) is 0 Å². The number of rotatable bonds is 4. The number of hydrogen-bond acceptors (Lipinski definition) is 4. The average Bonchev–Trinajstić information content (AvgIpc) is 2.83. The third kappa shape index (κ3) is 3.21. The molecule has 0 N–H and O–H groups in total. The molecule has 2 aromatic carbocycles. The largest absolute Gasteiger partial charge is 0.238 e. The first kappa shape index (κ1) is 15.6. The van der Waals surface area contributed by atoms with Crippen LogP contribution in [-0.4, -0.2) is 23.6 Å². The molecular formula is C15H13BrN2O2S2. The monoisotopic (exact) mass is 396 g/mol. The molecule has 114 valence electrons. The summed E-state index contributed by atoms with van der Waals surface area (Å²) < 4.78 is 26.5. The topological polar surface area (TPSA) is 52.0 Å². The maximum absolute atomic E-state index is 12.1. The van der Waals surface area contributed by atoms with E-state index in [0.29, 0.717) is 21.9 Å². The van der Waals surface area contributed by atoms with Crippen LogP contribution in [0.3, 0.4) is 0 Å². The van der Waals surface area contributed by atoms with Gasteiger partial charge in [-0.2, -0.15) is 0 Å². The van der Waals surface area contributed by atoms with Crippen molar-refractivity contribution >= 4 is 48.7 Å². The molecule has 0 spiro atoms. The van der Waals surface area contributed by atoms with Crippen LogP contribution in [0.2, 0.25) is 0 Å². The Morgan fingerprint density at radius 1 is 1.18 bits per heavy atom. The number of halogens is 1. The first-order valence-electron chi connectivity index (χ1n) is 6.50. The van der Waals surface area contributed by atoms with Crippen LogP contribution in [0, 0.1) is 0 Å². The van der Waals surface area contributed by atoms with Gasteiger partial charge in [-0.05, 0) is 29.8 Å². The van der Waals surface area contributed by atoms with Crippen LogP contribution in [0.5, 0.6) is 0 Å². The van der Waals surface area contributed by atoms with Crippen molar-refractivity contribution in [3.05, 3.63) is 58.6 Å². The number of para-hydroxylation sites is 2. The van der Waals surface area contributed by atoms with Gasteiger partial charge in [0.2, 0.25) is 10.0 Å². The summed E-state index contributed by atoms with van der Waals surface area (Å²) in [6.45, 7) is 0. The fourth-order valence-electron chi connectivity index (χ4n) is 2.17. The molecular weight excluding hydrogens is 384 g/mol. The van der Waals surface area contributed by atoms with Crippen molar-refractivity contribution in [1.82, 2.24) is 8.96 Å². The third-order valence-electron chi connectivity index (χ3n) is 3.08. The fourth-order valence-corrected chi connectivity index (χ4v) is 4.87. The van der Waals surface area contributed by atoms with Crippen LogP contribution in [0.25, 0.3) is 11.0 Å². The van der Waals surface area contributed by atoms with Gasteiger partial charge in [-0.1, -0.05) is 52.0 Å². The van der Waals surface area contributed by atoms with E-state index in [2.05, 4.69) is 20.9 Å². The van der Waals surface area contributed by atoms with E-state index >= 15 is 0 Å². The summed E-state index contributed by atoms with van der Waals surface area (Å²) in [6.07, 6.45) is 1.20. The Hall–Kier alpha value is -1.31. The first-order valence-corrected chi connectivity index (χ1v) is 10.1. The molecule has 0 atom stereocenters. The quantitative estimate of drug-likeness (QED) is 0.627. The summed E-state index contributed by atoms with van der Waals surface area (Å²) in [5, 5.41) is 0.490. The van der Waals surface area contributed by atoms with Gasteiger partial charge in [0.1, 0.15) is 0 Å². The normalized spacial score (nSPS) is 11.9. The van der Waals surface area contributed by atoms with E-state index in [0.717, 1.165) is 10.0 Å². The van der Waals surface area contributed by atoms with E-state index in [1.54, 1.807) is 6.07 Å². The highest BCUT2D eigenvalue weighted by molar-refractivity contribution is 9.10. The molecule has 1 heterocycles. The standard InChI is InChI=1S/C15H13BrN2O2S2/c1-22(19,20)18-14-8-3-2-7-13(14)17-15(18)21-10-11-5-4-6-12(16)9-11/h2-9H,10H2,1H3. The number of thioether (sulfide) groups is 1. The molecule has 0 fully saturated rings. The molecule has 0 aliphatic carbocycles. The Balaban J connectivity index is 2.00. The maximum atomic E-state index is 12.1. The van der Waals surface area contributed by atoms with Crippen LogP contribution in [-0.2, 0) is 15.8 Å². The third-order valence-corrected chi connectivity index (χ3v) is 5.73. The predicted molar refractivity (Wildman–Crippen MR) is 93.7 cm³/mol. The number of fused-ring (bicyclic) bond motifs is 1. The molecule has 0 bridgehead atoms. The second-order valence-corrected chi connectivity index (χ2v) is 8.52. The second kappa shape index (κ2) is 6.06. The van der Waals surface area contributed by atoms with Crippen molar-refractivity contribution in [3.63, 3.8) is 0 Å². The van der Waals surface area contributed by atoms with Gasteiger partial charge in [-0.25, -0.2) is 17.4 Å². The lowest BCUT2D eigenvalue weighted by molar-refractivity contribution is 0.590. The van der Waals surface area contributed by atoms with Crippen LogP contribution in [0.4, 0.5) is 0 Å². The SMILES string of the molecule is CS(=O)(=O)n1c(SCc2cccc(Br)c2)nc2ccccc21. The predicted octanol–water partition coefficient (Wildman–Crippen LogP) is 3.90. The molecule has 22 heavy (non-hydrogen) atoms. The molecule has 0 amide bonds. The number of hydrogen-bond donors (Lipinski definition) is 0. The molecule has 0 aliphatic rings. The minimum Gasteiger partial charge on any atom is -0.222 e. The molecule has 0 unspecified atom stereocenters. The molecule has 0 aliphatic heterocycles. The van der Waals surface area contributed by atoms with Crippen LogP contribution < -0.4 is 0 Å². The summed E-state index contributed by atoms with van der Waals surface area (Å²) in [7, 11) is -3.41. The summed E-state index contributed by atoms with van der Waals surface area (Å²) in [5.74, 6) is 0.651. The van der Waals surface area contributed by atoms with Gasteiger partial charge in [0.05, 0.1) is 17.3 Å². The Morgan fingerprint density at radius 3 is 2.68 bits per heavy atom. The number of aromatic nitrogens is 2. The van der Waals surface area contributed by atoms with E-state index in [-0.39, 0.29) is 0 Å². The van der Waals surface area contributed by atoms with Crippen molar-refractivity contribution < 1.29 is 8.42 Å². The van der Waals surface area contributed by atoms with E-state index in [4.69, 9.17) is 0 Å². The second-order valence-electron chi connectivity index (χ2n) is 4.83. The minimum absolute atomic E-state index is 0.490. The summed E-state index contributed by atoms with van der Waals surface area (Å²) in [6, 6.07) is 15.2. The maximum Gasteiger partial charge on any atom is 0.238 e. The lowest BCUT2D eigenvalue weighted by Gasteiger charge is -2.06. The summed E-state index contributed by atoms with van der Waals surface area (Å²) in [4.78, 5) is 4.45. The van der Waals surface area contributed by atoms with Crippen molar-refractivity contribution in [2.75, 3.05) is 6.26 Å². The Kier molecular flexibility index (Phi) is 4.29. The zero-order chi connectivity index (χ0) is 15.7. The highest BCUT2D eigenvalue weighted by atomic mass is 79.9. The highest BCUT2D eigenvalue weighted by Crippen LogP contribution is 2.28. The molecule has 1 aromatic heterocycles. The van der Waals surface area contributed by atoms with E-state index in [9.17, 15) is 8.42 Å². The molecule has 3 aromatic rings. The Labute approximate surface area is 141 Å². The average molecular weight is 397 g/mol.